The van der Waals surface area contributed by atoms with E-state index >= 15 is 0 Å². The molecule has 6 nitrogen and oxygen atoms in total. The van der Waals surface area contributed by atoms with Gasteiger partial charge < -0.3 is 15.4 Å². The lowest BCUT2D eigenvalue weighted by atomic mass is 9.90. The first-order valence-electron chi connectivity index (χ1n) is 10.5. The molecule has 2 aromatic rings. The highest BCUT2D eigenvalue weighted by Crippen LogP contribution is 2.44. The predicted octanol–water partition coefficient (Wildman–Crippen LogP) is 3.08. The van der Waals surface area contributed by atoms with E-state index in [0.29, 0.717) is 12.0 Å². The molecule has 0 bridgehead atoms. The molecule has 1 unspecified atom stereocenters. The summed E-state index contributed by atoms with van der Waals surface area (Å²) in [6, 6.07) is 13.5. The van der Waals surface area contributed by atoms with E-state index in [9.17, 15) is 9.59 Å². The average Bonchev–Trinajstić information content (AvgIpc) is 3.12. The van der Waals surface area contributed by atoms with Crippen molar-refractivity contribution in [1.29, 1.82) is 0 Å². The molecular formula is C24H25N3O3. The summed E-state index contributed by atoms with van der Waals surface area (Å²) < 4.78 is 5.35. The number of anilines is 1. The maximum atomic E-state index is 12.5. The molecule has 0 radical (unpaired) electrons. The van der Waals surface area contributed by atoms with Crippen molar-refractivity contribution in [2.75, 3.05) is 38.2 Å². The molecule has 2 aliphatic heterocycles. The van der Waals surface area contributed by atoms with Crippen molar-refractivity contribution in [2.45, 2.75) is 18.9 Å². The van der Waals surface area contributed by atoms with E-state index in [0.717, 1.165) is 67.2 Å². The number of morpholine rings is 1. The standard InChI is InChI=1S/C24H25N3O3/c28-22(6-3-9-27-10-12-30-13-11-27)25-17-7-8-18-16(14-17)15-21-19-4-1-2-5-20(19)24(29)26-23(18)21/h1-2,4-5,7-8,14-15,23H,3,6,9-13H2,(H,25,28)(H,26,29). The van der Waals surface area contributed by atoms with Gasteiger partial charge in [-0.15, -0.1) is 0 Å². The van der Waals surface area contributed by atoms with Crippen molar-refractivity contribution in [3.63, 3.8) is 0 Å². The first-order chi connectivity index (χ1) is 14.7. The number of carbonyl (C=O) groups is 2. The summed E-state index contributed by atoms with van der Waals surface area (Å²) in [5.41, 5.74) is 5.70. The van der Waals surface area contributed by atoms with E-state index in [4.69, 9.17) is 4.74 Å². The molecule has 2 N–H and O–H groups in total. The lowest BCUT2D eigenvalue weighted by Gasteiger charge is -2.26. The van der Waals surface area contributed by atoms with Gasteiger partial charge in [0.1, 0.15) is 0 Å². The number of hydrogen-bond acceptors (Lipinski definition) is 4. The molecule has 30 heavy (non-hydrogen) atoms. The number of nitrogens with zero attached hydrogens (tertiary/aromatic N) is 1. The number of benzene rings is 2. The Labute approximate surface area is 175 Å². The van der Waals surface area contributed by atoms with Crippen LogP contribution >= 0.6 is 0 Å². The molecule has 2 aromatic carbocycles. The Balaban J connectivity index is 1.25. The second kappa shape index (κ2) is 8.05. The van der Waals surface area contributed by atoms with Gasteiger partial charge in [-0.05, 0) is 59.5 Å². The molecule has 1 atom stereocenters. The fourth-order valence-electron chi connectivity index (χ4n) is 4.50. The summed E-state index contributed by atoms with van der Waals surface area (Å²) in [4.78, 5) is 27.2. The van der Waals surface area contributed by atoms with Crippen LogP contribution in [0, 0.1) is 0 Å². The van der Waals surface area contributed by atoms with E-state index in [1.807, 2.05) is 42.5 Å². The van der Waals surface area contributed by atoms with Gasteiger partial charge in [-0.25, -0.2) is 0 Å². The fraction of sp³-hybridized carbons (Fsp3) is 0.333. The van der Waals surface area contributed by atoms with Gasteiger partial charge in [0.25, 0.3) is 5.91 Å². The van der Waals surface area contributed by atoms with Crippen LogP contribution in [-0.2, 0) is 9.53 Å². The van der Waals surface area contributed by atoms with Crippen LogP contribution < -0.4 is 10.6 Å². The molecule has 3 aliphatic rings. The summed E-state index contributed by atoms with van der Waals surface area (Å²) in [6.45, 7) is 4.38. The minimum absolute atomic E-state index is 0.0323. The Hall–Kier alpha value is -2.96. The van der Waals surface area contributed by atoms with Crippen LogP contribution in [0.5, 0.6) is 0 Å². The number of amides is 2. The Morgan fingerprint density at radius 3 is 2.77 bits per heavy atom. The normalized spacial score (nSPS) is 19.9. The van der Waals surface area contributed by atoms with E-state index in [2.05, 4.69) is 21.6 Å². The number of nitrogens with one attached hydrogen (secondary N) is 2. The van der Waals surface area contributed by atoms with Crippen LogP contribution in [0.25, 0.3) is 11.6 Å². The minimum Gasteiger partial charge on any atom is -0.379 e. The quantitative estimate of drug-likeness (QED) is 0.805. The van der Waals surface area contributed by atoms with Gasteiger partial charge in [-0.3, -0.25) is 14.5 Å². The van der Waals surface area contributed by atoms with Crippen LogP contribution in [0.4, 0.5) is 5.69 Å². The lowest BCUT2D eigenvalue weighted by molar-refractivity contribution is -0.116. The van der Waals surface area contributed by atoms with Gasteiger partial charge in [0, 0.05) is 30.8 Å². The van der Waals surface area contributed by atoms with Crippen molar-refractivity contribution in [3.05, 3.63) is 64.7 Å². The summed E-state index contributed by atoms with van der Waals surface area (Å²) in [7, 11) is 0. The largest absolute Gasteiger partial charge is 0.379 e. The molecule has 0 saturated carbocycles. The second-order valence-electron chi connectivity index (χ2n) is 8.00. The van der Waals surface area contributed by atoms with Gasteiger partial charge in [-0.1, -0.05) is 24.3 Å². The van der Waals surface area contributed by atoms with Crippen molar-refractivity contribution in [3.8, 4) is 0 Å². The van der Waals surface area contributed by atoms with E-state index in [-0.39, 0.29) is 17.9 Å². The van der Waals surface area contributed by atoms with Crippen molar-refractivity contribution in [2.24, 2.45) is 0 Å². The van der Waals surface area contributed by atoms with Gasteiger partial charge in [-0.2, -0.15) is 0 Å². The van der Waals surface area contributed by atoms with Crippen LogP contribution in [0.2, 0.25) is 0 Å². The number of rotatable bonds is 5. The maximum Gasteiger partial charge on any atom is 0.252 e. The van der Waals surface area contributed by atoms with E-state index in [1.165, 1.54) is 0 Å². The van der Waals surface area contributed by atoms with E-state index in [1.54, 1.807) is 0 Å². The van der Waals surface area contributed by atoms with Crippen LogP contribution in [-0.4, -0.2) is 49.6 Å². The molecule has 1 fully saturated rings. The first kappa shape index (κ1) is 19.0. The Kier molecular flexibility index (Phi) is 5.11. The first-order valence-corrected chi connectivity index (χ1v) is 10.5. The Morgan fingerprint density at radius 2 is 1.93 bits per heavy atom. The smallest absolute Gasteiger partial charge is 0.252 e. The zero-order chi connectivity index (χ0) is 20.5. The van der Waals surface area contributed by atoms with E-state index < -0.39 is 0 Å². The number of carbonyl (C=O) groups excluding carboxylic acids is 2. The molecule has 1 saturated heterocycles. The SMILES string of the molecule is O=C(CCCN1CCOCC1)Nc1ccc2c(c1)C=C1c3ccccc3C(=O)NC12. The van der Waals surface area contributed by atoms with Crippen LogP contribution in [0.1, 0.15) is 45.9 Å². The van der Waals surface area contributed by atoms with Gasteiger partial charge in [0.2, 0.25) is 5.91 Å². The third kappa shape index (κ3) is 3.64. The maximum absolute atomic E-state index is 12.5. The van der Waals surface area contributed by atoms with Crippen molar-refractivity contribution < 1.29 is 14.3 Å². The third-order valence-electron chi connectivity index (χ3n) is 6.04. The molecule has 154 valence electrons. The molecule has 0 aromatic heterocycles. The Bertz CT molecular complexity index is 1020. The minimum atomic E-state index is -0.124. The summed E-state index contributed by atoms with van der Waals surface area (Å²) in [5.74, 6) is -0.0110. The molecule has 2 heterocycles. The third-order valence-corrected chi connectivity index (χ3v) is 6.04. The zero-order valence-corrected chi connectivity index (χ0v) is 16.8. The highest BCUT2D eigenvalue weighted by molar-refractivity contribution is 6.08. The molecule has 5 rings (SSSR count). The number of ether oxygens (including phenoxy) is 1. The monoisotopic (exact) mass is 403 g/mol. The summed E-state index contributed by atoms with van der Waals surface area (Å²) in [5, 5.41) is 6.12. The average molecular weight is 403 g/mol. The number of hydrogen-bond donors (Lipinski definition) is 2. The second-order valence-corrected chi connectivity index (χ2v) is 8.00. The predicted molar refractivity (Wildman–Crippen MR) is 116 cm³/mol. The topological polar surface area (TPSA) is 70.7 Å². The highest BCUT2D eigenvalue weighted by Gasteiger charge is 2.34. The lowest BCUT2D eigenvalue weighted by Crippen LogP contribution is -2.37. The van der Waals surface area contributed by atoms with Crippen LogP contribution in [0.3, 0.4) is 0 Å². The summed E-state index contributed by atoms with van der Waals surface area (Å²) in [6.07, 6.45) is 3.46. The van der Waals surface area contributed by atoms with Crippen molar-refractivity contribution >= 4 is 29.2 Å². The Morgan fingerprint density at radius 1 is 1.13 bits per heavy atom. The number of fused-ring (bicyclic) bond motifs is 5. The molecule has 1 aliphatic carbocycles. The highest BCUT2D eigenvalue weighted by atomic mass is 16.5. The molecule has 6 heteroatoms. The molecular weight excluding hydrogens is 378 g/mol. The molecule has 2 amide bonds. The van der Waals surface area contributed by atoms with Gasteiger partial charge in [0.05, 0.1) is 19.3 Å². The van der Waals surface area contributed by atoms with Crippen LogP contribution in [0.15, 0.2) is 42.5 Å². The summed E-state index contributed by atoms with van der Waals surface area (Å²) >= 11 is 0. The van der Waals surface area contributed by atoms with Gasteiger partial charge >= 0.3 is 0 Å². The van der Waals surface area contributed by atoms with Gasteiger partial charge in [0.15, 0.2) is 0 Å². The zero-order valence-electron chi connectivity index (χ0n) is 16.8. The fourth-order valence-corrected chi connectivity index (χ4v) is 4.50. The van der Waals surface area contributed by atoms with Crippen molar-refractivity contribution in [1.82, 2.24) is 10.2 Å². The molecule has 0 spiro atoms.